The monoisotopic (exact) mass is 468 g/mol. The predicted octanol–water partition coefficient (Wildman–Crippen LogP) is 2.88. The van der Waals surface area contributed by atoms with Crippen LogP contribution in [0, 0.1) is 0 Å². The Kier molecular flexibility index (Phi) is 5.84. The summed E-state index contributed by atoms with van der Waals surface area (Å²) in [5, 5.41) is 6.32. The van der Waals surface area contributed by atoms with Crippen LogP contribution < -0.4 is 20.1 Å². The van der Waals surface area contributed by atoms with Gasteiger partial charge in [-0.2, -0.15) is 0 Å². The van der Waals surface area contributed by atoms with Gasteiger partial charge in [-0.05, 0) is 37.1 Å². The van der Waals surface area contributed by atoms with Crippen molar-refractivity contribution in [2.75, 3.05) is 25.3 Å². The third-order valence-electron chi connectivity index (χ3n) is 6.83. The van der Waals surface area contributed by atoms with E-state index < -0.39 is 6.10 Å². The van der Waals surface area contributed by atoms with Crippen LogP contribution >= 0.6 is 0 Å². The molecule has 10 heteroatoms. The highest BCUT2D eigenvalue weighted by Crippen LogP contribution is 2.36. The number of alkyl carbamates (subject to hydrolysis) is 1. The van der Waals surface area contributed by atoms with Crippen molar-refractivity contribution in [2.24, 2.45) is 0 Å². The SMILES string of the molecule is O=C(NC1CCCCC1)OC1COC2C(Nc3nccc(-c4ccc5c(c4)OCO5)n3)COC12. The van der Waals surface area contributed by atoms with E-state index in [1.807, 2.05) is 24.3 Å². The molecule has 1 amide bonds. The summed E-state index contributed by atoms with van der Waals surface area (Å²) in [6, 6.07) is 7.62. The van der Waals surface area contributed by atoms with Gasteiger partial charge < -0.3 is 34.3 Å². The maximum Gasteiger partial charge on any atom is 0.407 e. The molecule has 1 aromatic heterocycles. The van der Waals surface area contributed by atoms with Crippen LogP contribution in [0.3, 0.4) is 0 Å². The molecule has 1 aliphatic carbocycles. The normalized spacial score (nSPS) is 27.9. The largest absolute Gasteiger partial charge is 0.454 e. The van der Waals surface area contributed by atoms with E-state index in [9.17, 15) is 4.79 Å². The number of fused-ring (bicyclic) bond motifs is 2. The second-order valence-electron chi connectivity index (χ2n) is 9.10. The fourth-order valence-corrected chi connectivity index (χ4v) is 5.08. The molecule has 34 heavy (non-hydrogen) atoms. The first-order chi connectivity index (χ1) is 16.7. The number of hydrogen-bond acceptors (Lipinski definition) is 9. The van der Waals surface area contributed by atoms with Crippen LogP contribution in [0.2, 0.25) is 0 Å². The van der Waals surface area contributed by atoms with Crippen molar-refractivity contribution in [1.82, 2.24) is 15.3 Å². The van der Waals surface area contributed by atoms with E-state index in [0.717, 1.165) is 42.7 Å². The highest BCUT2D eigenvalue weighted by Gasteiger charge is 2.49. The number of nitrogens with zero attached hydrogens (tertiary/aromatic N) is 2. The molecule has 6 rings (SSSR count). The lowest BCUT2D eigenvalue weighted by atomic mass is 9.96. The van der Waals surface area contributed by atoms with Gasteiger partial charge in [0.2, 0.25) is 12.7 Å². The fraction of sp³-hybridized carbons (Fsp3) is 0.542. The Bertz CT molecular complexity index is 1050. The number of carbonyl (C=O) groups is 1. The molecule has 0 spiro atoms. The molecule has 0 radical (unpaired) electrons. The number of ether oxygens (including phenoxy) is 5. The van der Waals surface area contributed by atoms with Gasteiger partial charge in [0.25, 0.3) is 0 Å². The zero-order valence-corrected chi connectivity index (χ0v) is 18.8. The van der Waals surface area contributed by atoms with E-state index in [2.05, 4.69) is 20.6 Å². The zero-order valence-electron chi connectivity index (χ0n) is 18.8. The van der Waals surface area contributed by atoms with Crippen LogP contribution in [0.15, 0.2) is 30.5 Å². The van der Waals surface area contributed by atoms with Crippen molar-refractivity contribution in [2.45, 2.75) is 62.5 Å². The van der Waals surface area contributed by atoms with Crippen LogP contribution in [0.4, 0.5) is 10.7 Å². The maximum atomic E-state index is 12.4. The summed E-state index contributed by atoms with van der Waals surface area (Å²) in [7, 11) is 0. The maximum absolute atomic E-state index is 12.4. The molecule has 10 nitrogen and oxygen atoms in total. The molecule has 4 unspecified atom stereocenters. The van der Waals surface area contributed by atoms with Crippen molar-refractivity contribution in [1.29, 1.82) is 0 Å². The molecule has 3 fully saturated rings. The van der Waals surface area contributed by atoms with Crippen LogP contribution in [-0.2, 0) is 14.2 Å². The second-order valence-corrected chi connectivity index (χ2v) is 9.10. The van der Waals surface area contributed by atoms with Crippen LogP contribution in [0.25, 0.3) is 11.3 Å². The van der Waals surface area contributed by atoms with E-state index in [4.69, 9.17) is 23.7 Å². The van der Waals surface area contributed by atoms with Gasteiger partial charge in [0.05, 0.1) is 24.9 Å². The minimum absolute atomic E-state index is 0.146. The van der Waals surface area contributed by atoms with Crippen molar-refractivity contribution in [3.8, 4) is 22.8 Å². The van der Waals surface area contributed by atoms with Gasteiger partial charge in [-0.25, -0.2) is 14.8 Å². The average Bonchev–Trinajstić information content (AvgIpc) is 3.58. The minimum atomic E-state index is -0.429. The molecule has 4 aliphatic rings. The summed E-state index contributed by atoms with van der Waals surface area (Å²) in [5.74, 6) is 1.91. The first-order valence-corrected chi connectivity index (χ1v) is 11.9. The summed E-state index contributed by atoms with van der Waals surface area (Å²) < 4.78 is 28.4. The Hall–Kier alpha value is -3.11. The minimum Gasteiger partial charge on any atom is -0.454 e. The first kappa shape index (κ1) is 21.4. The van der Waals surface area contributed by atoms with Crippen LogP contribution in [-0.4, -0.2) is 66.5 Å². The first-order valence-electron chi connectivity index (χ1n) is 11.9. The molecular formula is C24H28N4O6. The fourth-order valence-electron chi connectivity index (χ4n) is 5.08. The summed E-state index contributed by atoms with van der Waals surface area (Å²) in [6.45, 7) is 0.952. The molecule has 0 bridgehead atoms. The molecule has 2 aromatic rings. The Morgan fingerprint density at radius 2 is 1.85 bits per heavy atom. The number of anilines is 1. The molecule has 2 saturated heterocycles. The number of rotatable bonds is 5. The van der Waals surface area contributed by atoms with Gasteiger partial charge in [0, 0.05) is 17.8 Å². The van der Waals surface area contributed by atoms with E-state index >= 15 is 0 Å². The van der Waals surface area contributed by atoms with Crippen molar-refractivity contribution in [3.63, 3.8) is 0 Å². The summed E-state index contributed by atoms with van der Waals surface area (Å²) in [6.07, 6.45) is 5.89. The number of amides is 1. The summed E-state index contributed by atoms with van der Waals surface area (Å²) in [5.41, 5.74) is 1.67. The quantitative estimate of drug-likeness (QED) is 0.684. The summed E-state index contributed by atoms with van der Waals surface area (Å²) in [4.78, 5) is 21.4. The molecule has 1 saturated carbocycles. The Morgan fingerprint density at radius 3 is 2.76 bits per heavy atom. The molecule has 3 aliphatic heterocycles. The van der Waals surface area contributed by atoms with Gasteiger partial charge in [-0.3, -0.25) is 0 Å². The predicted molar refractivity (Wildman–Crippen MR) is 121 cm³/mol. The van der Waals surface area contributed by atoms with E-state index in [-0.39, 0.29) is 37.2 Å². The van der Waals surface area contributed by atoms with Crippen molar-refractivity contribution >= 4 is 12.0 Å². The van der Waals surface area contributed by atoms with E-state index in [0.29, 0.717) is 24.9 Å². The number of hydrogen-bond donors (Lipinski definition) is 2. The molecule has 2 N–H and O–H groups in total. The molecule has 4 heterocycles. The van der Waals surface area contributed by atoms with E-state index in [1.54, 1.807) is 6.20 Å². The van der Waals surface area contributed by atoms with Crippen molar-refractivity contribution < 1.29 is 28.5 Å². The van der Waals surface area contributed by atoms with E-state index in [1.165, 1.54) is 6.42 Å². The van der Waals surface area contributed by atoms with Gasteiger partial charge >= 0.3 is 6.09 Å². The Balaban J connectivity index is 1.07. The smallest absolute Gasteiger partial charge is 0.407 e. The number of nitrogens with one attached hydrogen (secondary N) is 2. The third-order valence-corrected chi connectivity index (χ3v) is 6.83. The Labute approximate surface area is 197 Å². The number of aromatic nitrogens is 2. The van der Waals surface area contributed by atoms with Crippen molar-refractivity contribution in [3.05, 3.63) is 30.5 Å². The molecule has 1 aromatic carbocycles. The third kappa shape index (κ3) is 4.35. The average molecular weight is 469 g/mol. The van der Waals surface area contributed by atoms with Gasteiger partial charge in [0.15, 0.2) is 17.6 Å². The highest BCUT2D eigenvalue weighted by molar-refractivity contribution is 5.68. The molecule has 180 valence electrons. The van der Waals surface area contributed by atoms with Gasteiger partial charge in [0.1, 0.15) is 12.2 Å². The van der Waals surface area contributed by atoms with Crippen LogP contribution in [0.1, 0.15) is 32.1 Å². The topological polar surface area (TPSA) is 113 Å². The highest BCUT2D eigenvalue weighted by atomic mass is 16.7. The number of carbonyl (C=O) groups excluding carboxylic acids is 1. The van der Waals surface area contributed by atoms with Gasteiger partial charge in [-0.1, -0.05) is 19.3 Å². The lowest BCUT2D eigenvalue weighted by Gasteiger charge is -2.24. The molecule has 4 atom stereocenters. The standard InChI is InChI=1S/C24H28N4O6/c29-24(26-15-4-2-1-3-5-15)34-20-12-31-21-17(11-30-22(20)21)28-23-25-9-8-16(27-23)14-6-7-18-19(10-14)33-13-32-18/h6-10,15,17,20-22H,1-5,11-13H2,(H,26,29)(H,25,27,28). The lowest BCUT2D eigenvalue weighted by Crippen LogP contribution is -2.42. The second kappa shape index (κ2) is 9.27. The zero-order chi connectivity index (χ0) is 22.9. The molecular weight excluding hydrogens is 440 g/mol. The number of benzene rings is 1. The lowest BCUT2D eigenvalue weighted by molar-refractivity contribution is 0.00314. The Morgan fingerprint density at radius 1 is 1.00 bits per heavy atom. The van der Waals surface area contributed by atoms with Gasteiger partial charge in [-0.15, -0.1) is 0 Å². The van der Waals surface area contributed by atoms with Crippen LogP contribution in [0.5, 0.6) is 11.5 Å². The summed E-state index contributed by atoms with van der Waals surface area (Å²) >= 11 is 0.